The molecule has 6 rings (SSSR count). The van der Waals surface area contributed by atoms with Gasteiger partial charge >= 0.3 is 89.5 Å². The molecule has 0 N–H and O–H groups in total. The fraction of sp³-hybridized carbons (Fsp3) is 0.143. The van der Waals surface area contributed by atoms with Crippen LogP contribution in [0.15, 0.2) is 36.4 Å². The van der Waals surface area contributed by atoms with Crippen molar-refractivity contribution in [2.24, 2.45) is 0 Å². The Kier molecular flexibility index (Phi) is 33.5. The second kappa shape index (κ2) is 31.8. The van der Waals surface area contributed by atoms with Crippen LogP contribution in [0.5, 0.6) is 0 Å². The van der Waals surface area contributed by atoms with E-state index in [-0.39, 0.29) is 89.5 Å². The molecule has 0 saturated heterocycles. The van der Waals surface area contributed by atoms with Gasteiger partial charge in [0.2, 0.25) is 0 Å². The molecule has 6 aromatic carbocycles. The first-order chi connectivity index (χ1) is 28.5. The van der Waals surface area contributed by atoms with Crippen LogP contribution in [0.2, 0.25) is 0 Å². The van der Waals surface area contributed by atoms with Gasteiger partial charge in [-0.15, -0.1) is 24.3 Å². The van der Waals surface area contributed by atoms with Crippen molar-refractivity contribution in [3.8, 4) is 0 Å². The van der Waals surface area contributed by atoms with Gasteiger partial charge in [-0.25, -0.2) is 52.7 Å². The predicted molar refractivity (Wildman–Crippen MR) is 182 cm³/mol. The molecule has 0 aliphatic rings. The van der Waals surface area contributed by atoms with Gasteiger partial charge in [-0.2, -0.15) is 0 Å². The maximum Gasteiger partial charge on any atom is 1.00 e. The maximum absolute atomic E-state index is 12.0. The Morgan fingerprint density at radius 3 is 0.500 bits per heavy atom. The first-order valence-corrected chi connectivity index (χ1v) is 16.3. The number of hydrogen-bond acceptors (Lipinski definition) is 0. The average molecular weight is 1340 g/mol. The summed E-state index contributed by atoms with van der Waals surface area (Å²) in [6.45, 7) is 12.8. The fourth-order valence-electron chi connectivity index (χ4n) is 3.76. The van der Waals surface area contributed by atoms with Crippen molar-refractivity contribution in [2.45, 2.75) is 41.5 Å². The third kappa shape index (κ3) is 20.6. The van der Waals surface area contributed by atoms with Gasteiger partial charge in [0.25, 0.3) is 0 Å². The number of halogens is 20. The molecule has 0 nitrogen and oxygen atoms in total. The summed E-state index contributed by atoms with van der Waals surface area (Å²) in [5.74, 6) is -40.2. The minimum absolute atomic E-state index is 0. The number of rotatable bonds is 0. The van der Waals surface area contributed by atoms with Crippen LogP contribution in [0.1, 0.15) is 33.4 Å². The second-order valence-electron chi connectivity index (χ2n) is 12.0. The van der Waals surface area contributed by atoms with E-state index in [9.17, 15) is 87.8 Å². The Balaban J connectivity index is -0.000000346. The molecule has 0 unspecified atom stereocenters. The first-order valence-electron chi connectivity index (χ1n) is 16.3. The molecule has 0 bridgehead atoms. The van der Waals surface area contributed by atoms with Gasteiger partial charge in [0.05, 0.1) is 116 Å². The average Bonchev–Trinajstić information content (AvgIpc) is 3.22. The molecule has 0 spiro atoms. The van der Waals surface area contributed by atoms with Gasteiger partial charge in [0.1, 0.15) is 0 Å². The van der Waals surface area contributed by atoms with E-state index < -0.39 is 116 Å². The van der Waals surface area contributed by atoms with Crippen LogP contribution in [0, 0.1) is 182 Å². The van der Waals surface area contributed by atoms with Crippen molar-refractivity contribution in [3.63, 3.8) is 0 Å². The molecule has 0 heterocycles. The van der Waals surface area contributed by atoms with Crippen molar-refractivity contribution in [1.82, 2.24) is 0 Å². The fourth-order valence-corrected chi connectivity index (χ4v) is 3.76. The molecule has 0 aliphatic carbocycles. The van der Waals surface area contributed by atoms with Crippen molar-refractivity contribution >= 4 is 0 Å². The van der Waals surface area contributed by atoms with Gasteiger partial charge < -0.3 is 0 Å². The SMILES string of the molecule is Cc1ccc(C)c(C)c1.Cc1ccc(C)c(C)c1.Fc1[c-]c(F)c(F)c(F)c1F.Fc1[c-]c(F)c(F)c(F)c1F.Fc1[c-]c(F)c(F)c(F)c1F.Fc1[c-]c(F)c(F)c(F)c1F.[Ag+].[Ag+].[Ag+].[Ag+]. The van der Waals surface area contributed by atoms with Crippen molar-refractivity contribution < 1.29 is 177 Å². The molecular formula is C42H24Ag4F20. The first kappa shape index (κ1) is 69.5. The molecule has 0 saturated carbocycles. The number of benzene rings is 6. The van der Waals surface area contributed by atoms with E-state index in [0.717, 1.165) is 24.3 Å². The van der Waals surface area contributed by atoms with Crippen LogP contribution < -0.4 is 0 Å². The zero-order valence-corrected chi connectivity index (χ0v) is 39.2. The van der Waals surface area contributed by atoms with Crippen LogP contribution >= 0.6 is 0 Å². The van der Waals surface area contributed by atoms with E-state index in [1.165, 1.54) is 33.4 Å². The van der Waals surface area contributed by atoms with Crippen LogP contribution in [-0.4, -0.2) is 0 Å². The monoisotopic (exact) mass is 1340 g/mol. The Morgan fingerprint density at radius 1 is 0.227 bits per heavy atom. The van der Waals surface area contributed by atoms with Crippen molar-refractivity contribution in [3.05, 3.63) is 210 Å². The van der Waals surface area contributed by atoms with Gasteiger partial charge in [0, 0.05) is 0 Å². The maximum atomic E-state index is 12.0. The molecule has 0 atom stereocenters. The van der Waals surface area contributed by atoms with Crippen LogP contribution in [0.25, 0.3) is 0 Å². The summed E-state index contributed by atoms with van der Waals surface area (Å²) >= 11 is 0. The third-order valence-corrected chi connectivity index (χ3v) is 7.29. The summed E-state index contributed by atoms with van der Waals surface area (Å²) in [7, 11) is 0. The summed E-state index contributed by atoms with van der Waals surface area (Å²) in [4.78, 5) is 0. The normalized spacial score (nSPS) is 9.48. The van der Waals surface area contributed by atoms with E-state index in [1.54, 1.807) is 0 Å². The molecule has 376 valence electrons. The molecular weight excluding hydrogens is 1320 g/mol. The van der Waals surface area contributed by atoms with E-state index in [1.807, 2.05) is 0 Å². The standard InChI is InChI=1S/2C9H12.4C6F5.4Ag/c2*1-7-4-5-8(2)9(3)6-7;4*7-2-1-3(8)5(10)6(11)4(2)9;;;;/h2*4-6H,1-3H3;;;;;;;;/q;;4*-1;4*+1. The van der Waals surface area contributed by atoms with Crippen LogP contribution in [0.3, 0.4) is 0 Å². The summed E-state index contributed by atoms with van der Waals surface area (Å²) in [6, 6.07) is 17.1. The van der Waals surface area contributed by atoms with Gasteiger partial charge in [0.15, 0.2) is 0 Å². The predicted octanol–water partition coefficient (Wildman–Crippen LogP) is 13.9. The molecule has 0 radical (unpaired) electrons. The number of aryl methyl sites for hydroxylation is 6. The van der Waals surface area contributed by atoms with Gasteiger partial charge in [-0.3, -0.25) is 35.1 Å². The zero-order chi connectivity index (χ0) is 48.1. The molecule has 0 aliphatic heterocycles. The van der Waals surface area contributed by atoms with Crippen LogP contribution in [-0.2, 0) is 89.5 Å². The molecule has 0 fully saturated rings. The Labute approximate surface area is 426 Å². The Hall–Kier alpha value is -3.12. The van der Waals surface area contributed by atoms with E-state index >= 15 is 0 Å². The number of hydrogen-bond donors (Lipinski definition) is 0. The smallest absolute Gasteiger partial charge is 0.278 e. The molecule has 24 heteroatoms. The molecule has 0 aromatic heterocycles. The summed E-state index contributed by atoms with van der Waals surface area (Å²) in [5.41, 5.74) is 8.21. The zero-order valence-electron chi connectivity index (χ0n) is 33.2. The molecule has 6 aromatic rings. The Bertz CT molecular complexity index is 2120. The van der Waals surface area contributed by atoms with Crippen molar-refractivity contribution in [2.75, 3.05) is 0 Å². The van der Waals surface area contributed by atoms with Crippen LogP contribution in [0.4, 0.5) is 87.8 Å². The van der Waals surface area contributed by atoms with E-state index in [2.05, 4.69) is 77.9 Å². The van der Waals surface area contributed by atoms with E-state index in [4.69, 9.17) is 0 Å². The second-order valence-corrected chi connectivity index (χ2v) is 12.0. The molecule has 0 amide bonds. The van der Waals surface area contributed by atoms with Gasteiger partial charge in [-0.05, 0) is 63.8 Å². The Morgan fingerprint density at radius 2 is 0.379 bits per heavy atom. The quantitative estimate of drug-likeness (QED) is 0.0467. The summed E-state index contributed by atoms with van der Waals surface area (Å²) < 4.78 is 239. The van der Waals surface area contributed by atoms with E-state index in [0.29, 0.717) is 0 Å². The third-order valence-electron chi connectivity index (χ3n) is 7.29. The summed E-state index contributed by atoms with van der Waals surface area (Å²) in [6.07, 6.45) is 0. The largest absolute Gasteiger partial charge is 1.00 e. The van der Waals surface area contributed by atoms with Crippen molar-refractivity contribution in [1.29, 1.82) is 0 Å². The summed E-state index contributed by atoms with van der Waals surface area (Å²) in [5, 5.41) is 0. The minimum atomic E-state index is -2.17. The molecule has 66 heavy (non-hydrogen) atoms. The topological polar surface area (TPSA) is 0 Å². The van der Waals surface area contributed by atoms with Gasteiger partial charge in [-0.1, -0.05) is 47.5 Å². The minimum Gasteiger partial charge on any atom is -0.278 e.